The number of Topliss-reactive ketones (excluding diaryl/α,β-unsaturated/α-hetero) is 1. The van der Waals surface area contributed by atoms with Crippen LogP contribution in [-0.2, 0) is 16.0 Å². The zero-order chi connectivity index (χ0) is 20.1. The standard InChI is InChI=1S/C25H27NO3/c27-24(20-12-10-19(11-13-20)18-6-2-1-3-7-18)17-29-25(28)15-14-21-16-26-23-9-5-4-8-22(21)23/h4-5,8-13,16,18,26H,1-3,6-7,14-15,17H2. The van der Waals surface area contributed by atoms with E-state index < -0.39 is 0 Å². The molecule has 3 aromatic rings. The number of carbonyl (C=O) groups is 2. The number of aromatic nitrogens is 1. The fourth-order valence-electron chi connectivity index (χ4n) is 4.25. The predicted octanol–water partition coefficient (Wildman–Crippen LogP) is 5.57. The van der Waals surface area contributed by atoms with Gasteiger partial charge in [0.1, 0.15) is 0 Å². The number of ether oxygens (including phenoxy) is 1. The second-order valence-corrected chi connectivity index (χ2v) is 7.90. The fraction of sp³-hybridized carbons (Fsp3) is 0.360. The van der Waals surface area contributed by atoms with Gasteiger partial charge >= 0.3 is 5.97 Å². The van der Waals surface area contributed by atoms with Crippen LogP contribution in [0.15, 0.2) is 54.7 Å². The van der Waals surface area contributed by atoms with E-state index >= 15 is 0 Å². The van der Waals surface area contributed by atoms with Crippen LogP contribution in [0.5, 0.6) is 0 Å². The summed E-state index contributed by atoms with van der Waals surface area (Å²) in [4.78, 5) is 27.7. The maximum atomic E-state index is 12.4. The van der Waals surface area contributed by atoms with Gasteiger partial charge in [0.05, 0.1) is 0 Å². The van der Waals surface area contributed by atoms with Crippen LogP contribution >= 0.6 is 0 Å². The molecule has 0 saturated heterocycles. The highest BCUT2D eigenvalue weighted by molar-refractivity contribution is 5.98. The molecule has 1 fully saturated rings. The van der Waals surface area contributed by atoms with Gasteiger partial charge in [-0.05, 0) is 42.4 Å². The van der Waals surface area contributed by atoms with Gasteiger partial charge in [-0.2, -0.15) is 0 Å². The number of carbonyl (C=O) groups excluding carboxylic acids is 2. The molecule has 0 radical (unpaired) electrons. The Morgan fingerprint density at radius 1 is 0.966 bits per heavy atom. The van der Waals surface area contributed by atoms with Gasteiger partial charge in [-0.15, -0.1) is 0 Å². The molecule has 1 saturated carbocycles. The second-order valence-electron chi connectivity index (χ2n) is 7.90. The third-order valence-electron chi connectivity index (χ3n) is 5.95. The predicted molar refractivity (Wildman–Crippen MR) is 114 cm³/mol. The van der Waals surface area contributed by atoms with Crippen molar-refractivity contribution in [3.8, 4) is 0 Å². The highest BCUT2D eigenvalue weighted by Crippen LogP contribution is 2.32. The van der Waals surface area contributed by atoms with E-state index in [0.717, 1.165) is 16.5 Å². The summed E-state index contributed by atoms with van der Waals surface area (Å²) < 4.78 is 5.22. The summed E-state index contributed by atoms with van der Waals surface area (Å²) in [7, 11) is 0. The van der Waals surface area contributed by atoms with Gasteiger partial charge in [0.15, 0.2) is 12.4 Å². The number of aromatic amines is 1. The van der Waals surface area contributed by atoms with Crippen LogP contribution in [0.2, 0.25) is 0 Å². The number of hydrogen-bond acceptors (Lipinski definition) is 3. The van der Waals surface area contributed by atoms with Gasteiger partial charge in [0.25, 0.3) is 0 Å². The number of ketones is 1. The number of para-hydroxylation sites is 1. The van der Waals surface area contributed by atoms with Gasteiger partial charge in [-0.25, -0.2) is 0 Å². The minimum Gasteiger partial charge on any atom is -0.457 e. The van der Waals surface area contributed by atoms with Gasteiger partial charge in [-0.1, -0.05) is 61.7 Å². The van der Waals surface area contributed by atoms with E-state index in [1.165, 1.54) is 37.7 Å². The average molecular weight is 389 g/mol. The van der Waals surface area contributed by atoms with Crippen molar-refractivity contribution in [2.45, 2.75) is 50.9 Å². The Bertz CT molecular complexity index is 981. The Hall–Kier alpha value is -2.88. The third-order valence-corrected chi connectivity index (χ3v) is 5.95. The maximum absolute atomic E-state index is 12.4. The van der Waals surface area contributed by atoms with E-state index in [2.05, 4.69) is 17.1 Å². The molecule has 29 heavy (non-hydrogen) atoms. The number of aryl methyl sites for hydroxylation is 1. The van der Waals surface area contributed by atoms with Crippen molar-refractivity contribution in [2.75, 3.05) is 6.61 Å². The van der Waals surface area contributed by atoms with E-state index in [1.54, 1.807) is 0 Å². The van der Waals surface area contributed by atoms with Crippen molar-refractivity contribution in [3.63, 3.8) is 0 Å². The summed E-state index contributed by atoms with van der Waals surface area (Å²) in [5, 5.41) is 1.12. The lowest BCUT2D eigenvalue weighted by atomic mass is 9.84. The molecule has 2 aromatic carbocycles. The molecule has 1 heterocycles. The van der Waals surface area contributed by atoms with E-state index in [0.29, 0.717) is 17.9 Å². The van der Waals surface area contributed by atoms with Gasteiger partial charge in [0.2, 0.25) is 0 Å². The topological polar surface area (TPSA) is 59.2 Å². The fourth-order valence-corrected chi connectivity index (χ4v) is 4.25. The number of hydrogen-bond donors (Lipinski definition) is 1. The molecule has 4 rings (SSSR count). The van der Waals surface area contributed by atoms with Crippen molar-refractivity contribution in [3.05, 3.63) is 71.4 Å². The highest BCUT2D eigenvalue weighted by Gasteiger charge is 2.16. The number of benzene rings is 2. The molecule has 0 spiro atoms. The Kier molecular flexibility index (Phi) is 6.09. The number of fused-ring (bicyclic) bond motifs is 1. The minimum absolute atomic E-state index is 0.152. The number of rotatable bonds is 7. The number of H-pyrrole nitrogens is 1. The molecule has 0 unspecified atom stereocenters. The van der Waals surface area contributed by atoms with Crippen LogP contribution in [-0.4, -0.2) is 23.3 Å². The first-order valence-electron chi connectivity index (χ1n) is 10.5. The summed E-state index contributed by atoms with van der Waals surface area (Å²) in [5.74, 6) is 0.123. The maximum Gasteiger partial charge on any atom is 0.306 e. The number of nitrogens with one attached hydrogen (secondary N) is 1. The SMILES string of the molecule is O=C(CCc1c[nH]c2ccccc12)OCC(=O)c1ccc(C2CCCCC2)cc1. The molecule has 150 valence electrons. The van der Waals surface area contributed by atoms with Crippen molar-refractivity contribution in [2.24, 2.45) is 0 Å². The molecule has 0 aliphatic heterocycles. The lowest BCUT2D eigenvalue weighted by Gasteiger charge is -2.22. The average Bonchev–Trinajstić information content (AvgIpc) is 3.20. The van der Waals surface area contributed by atoms with E-state index in [9.17, 15) is 9.59 Å². The van der Waals surface area contributed by atoms with Crippen LogP contribution in [0.3, 0.4) is 0 Å². The van der Waals surface area contributed by atoms with Crippen LogP contribution in [0.1, 0.15) is 65.9 Å². The smallest absolute Gasteiger partial charge is 0.306 e. The molecule has 1 aromatic heterocycles. The lowest BCUT2D eigenvalue weighted by molar-refractivity contribution is -0.142. The summed E-state index contributed by atoms with van der Waals surface area (Å²) in [5.41, 5.74) is 4.07. The van der Waals surface area contributed by atoms with Crippen molar-refractivity contribution in [1.82, 2.24) is 4.98 Å². The zero-order valence-corrected chi connectivity index (χ0v) is 16.7. The number of esters is 1. The molecule has 4 heteroatoms. The van der Waals surface area contributed by atoms with Crippen LogP contribution in [0.25, 0.3) is 10.9 Å². The summed E-state index contributed by atoms with van der Waals surface area (Å²) in [6, 6.07) is 15.9. The Morgan fingerprint density at radius 2 is 1.72 bits per heavy atom. The molecular weight excluding hydrogens is 362 g/mol. The monoisotopic (exact) mass is 389 g/mol. The quantitative estimate of drug-likeness (QED) is 0.424. The van der Waals surface area contributed by atoms with Crippen molar-refractivity contribution in [1.29, 1.82) is 0 Å². The molecular formula is C25H27NO3. The first kappa shape index (κ1) is 19.4. The Balaban J connectivity index is 1.26. The van der Waals surface area contributed by atoms with Crippen LogP contribution in [0, 0.1) is 0 Å². The van der Waals surface area contributed by atoms with Crippen molar-refractivity contribution >= 4 is 22.7 Å². The lowest BCUT2D eigenvalue weighted by Crippen LogP contribution is -2.14. The molecule has 0 atom stereocenters. The third kappa shape index (κ3) is 4.76. The minimum atomic E-state index is -0.345. The Morgan fingerprint density at radius 3 is 2.52 bits per heavy atom. The molecule has 1 aliphatic carbocycles. The zero-order valence-electron chi connectivity index (χ0n) is 16.7. The van der Waals surface area contributed by atoms with E-state index in [1.807, 2.05) is 42.6 Å². The first-order valence-corrected chi connectivity index (χ1v) is 10.5. The molecule has 0 bridgehead atoms. The van der Waals surface area contributed by atoms with Gasteiger partial charge in [-0.3, -0.25) is 9.59 Å². The second kappa shape index (κ2) is 9.08. The van der Waals surface area contributed by atoms with Crippen molar-refractivity contribution < 1.29 is 14.3 Å². The van der Waals surface area contributed by atoms with Crippen LogP contribution < -0.4 is 0 Å². The molecule has 1 aliphatic rings. The van der Waals surface area contributed by atoms with Gasteiger partial charge < -0.3 is 9.72 Å². The van der Waals surface area contributed by atoms with Crippen LogP contribution in [0.4, 0.5) is 0 Å². The van der Waals surface area contributed by atoms with E-state index in [4.69, 9.17) is 4.74 Å². The van der Waals surface area contributed by atoms with E-state index in [-0.39, 0.29) is 24.8 Å². The molecule has 4 nitrogen and oxygen atoms in total. The largest absolute Gasteiger partial charge is 0.457 e. The molecule has 0 amide bonds. The first-order chi connectivity index (χ1) is 14.2. The normalized spacial score (nSPS) is 14.8. The summed E-state index contributed by atoms with van der Waals surface area (Å²) >= 11 is 0. The summed E-state index contributed by atoms with van der Waals surface area (Å²) in [6.45, 7) is -0.199. The molecule has 1 N–H and O–H groups in total. The van der Waals surface area contributed by atoms with Gasteiger partial charge in [0, 0.05) is 29.1 Å². The Labute approximate surface area is 171 Å². The highest BCUT2D eigenvalue weighted by atomic mass is 16.5. The summed E-state index contributed by atoms with van der Waals surface area (Å²) in [6.07, 6.45) is 9.17.